The highest BCUT2D eigenvalue weighted by Crippen LogP contribution is 2.35. The second-order valence-electron chi connectivity index (χ2n) is 9.06. The number of hydrogen-bond donors (Lipinski definition) is 0. The van der Waals surface area contributed by atoms with Gasteiger partial charge in [0.1, 0.15) is 12.3 Å². The van der Waals surface area contributed by atoms with Gasteiger partial charge in [-0.25, -0.2) is 8.42 Å². The lowest BCUT2D eigenvalue weighted by Gasteiger charge is -2.36. The fraction of sp³-hybridized carbons (Fsp3) is 0.440. The van der Waals surface area contributed by atoms with Gasteiger partial charge < -0.3 is 14.4 Å². The third kappa shape index (κ3) is 5.24. The molecule has 11 heteroatoms. The number of rotatable bonds is 6. The molecule has 3 heterocycles. The Hall–Kier alpha value is -2.99. The van der Waals surface area contributed by atoms with Gasteiger partial charge >= 0.3 is 0 Å². The summed E-state index contributed by atoms with van der Waals surface area (Å²) in [5, 5.41) is 0. The molecule has 0 saturated carbocycles. The minimum Gasteiger partial charge on any atom is -0.482 e. The normalized spacial score (nSPS) is 19.6. The van der Waals surface area contributed by atoms with E-state index in [1.54, 1.807) is 11.0 Å². The van der Waals surface area contributed by atoms with E-state index in [0.29, 0.717) is 37.7 Å². The number of benzene rings is 2. The second kappa shape index (κ2) is 10.6. The molecule has 0 unspecified atom stereocenters. The predicted octanol–water partition coefficient (Wildman–Crippen LogP) is 0.777. The molecule has 0 radical (unpaired) electrons. The number of amides is 2. The Labute approximate surface area is 211 Å². The van der Waals surface area contributed by atoms with E-state index in [4.69, 9.17) is 9.47 Å². The minimum atomic E-state index is -3.76. The Kier molecular flexibility index (Phi) is 7.24. The maximum absolute atomic E-state index is 13.1. The van der Waals surface area contributed by atoms with Crippen molar-refractivity contribution in [2.24, 2.45) is 0 Å². The smallest absolute Gasteiger partial charge is 0.265 e. The van der Waals surface area contributed by atoms with Crippen LogP contribution >= 0.6 is 0 Å². The van der Waals surface area contributed by atoms with E-state index < -0.39 is 10.0 Å². The van der Waals surface area contributed by atoms with E-state index in [2.05, 4.69) is 17.0 Å². The van der Waals surface area contributed by atoms with Gasteiger partial charge in [-0.05, 0) is 23.8 Å². The zero-order valence-corrected chi connectivity index (χ0v) is 20.9. The molecule has 2 aromatic rings. The Morgan fingerprint density at radius 1 is 0.917 bits per heavy atom. The van der Waals surface area contributed by atoms with E-state index >= 15 is 0 Å². The molecule has 36 heavy (non-hydrogen) atoms. The van der Waals surface area contributed by atoms with Crippen LogP contribution in [0.4, 0.5) is 5.69 Å². The van der Waals surface area contributed by atoms with Crippen LogP contribution in [0.2, 0.25) is 0 Å². The van der Waals surface area contributed by atoms with Gasteiger partial charge in [-0.2, -0.15) is 4.31 Å². The van der Waals surface area contributed by atoms with Crippen molar-refractivity contribution in [2.45, 2.75) is 11.4 Å². The molecule has 0 aromatic heterocycles. The molecular weight excluding hydrogens is 484 g/mol. The van der Waals surface area contributed by atoms with E-state index in [1.165, 1.54) is 26.9 Å². The monoisotopic (exact) mass is 514 g/mol. The van der Waals surface area contributed by atoms with Crippen LogP contribution in [0.25, 0.3) is 0 Å². The summed E-state index contributed by atoms with van der Waals surface area (Å²) in [4.78, 5) is 31.4. The number of anilines is 1. The maximum Gasteiger partial charge on any atom is 0.265 e. The topological polar surface area (TPSA) is 99.7 Å². The van der Waals surface area contributed by atoms with Crippen molar-refractivity contribution in [1.82, 2.24) is 14.1 Å². The van der Waals surface area contributed by atoms with Crippen LogP contribution in [0.3, 0.4) is 0 Å². The molecule has 0 bridgehead atoms. The van der Waals surface area contributed by atoms with E-state index in [9.17, 15) is 18.0 Å². The quantitative estimate of drug-likeness (QED) is 0.562. The molecular formula is C25H30N4O6S. The molecule has 3 aliphatic rings. The Morgan fingerprint density at radius 3 is 2.36 bits per heavy atom. The highest BCUT2D eigenvalue weighted by molar-refractivity contribution is 7.89. The molecule has 5 rings (SSSR count). The minimum absolute atomic E-state index is 0.0634. The third-order valence-corrected chi connectivity index (χ3v) is 8.64. The summed E-state index contributed by atoms with van der Waals surface area (Å²) in [5.74, 6) is -0.160. The first-order valence-electron chi connectivity index (χ1n) is 12.1. The summed E-state index contributed by atoms with van der Waals surface area (Å²) in [6.07, 6.45) is 0. The summed E-state index contributed by atoms with van der Waals surface area (Å²) < 4.78 is 38.4. The number of sulfonamides is 1. The van der Waals surface area contributed by atoms with Crippen LogP contribution in [0, 0.1) is 0 Å². The van der Waals surface area contributed by atoms with Crippen molar-refractivity contribution in [2.75, 3.05) is 70.5 Å². The van der Waals surface area contributed by atoms with Crippen LogP contribution < -0.4 is 9.64 Å². The first kappa shape index (κ1) is 24.7. The van der Waals surface area contributed by atoms with Gasteiger partial charge in [0.2, 0.25) is 15.9 Å². The number of carbonyl (C=O) groups excluding carboxylic acids is 2. The molecule has 2 aromatic carbocycles. The predicted molar refractivity (Wildman–Crippen MR) is 132 cm³/mol. The van der Waals surface area contributed by atoms with Crippen molar-refractivity contribution < 1.29 is 27.5 Å². The average Bonchev–Trinajstić information content (AvgIpc) is 2.91. The van der Waals surface area contributed by atoms with Crippen molar-refractivity contribution in [3.05, 3.63) is 54.1 Å². The lowest BCUT2D eigenvalue weighted by Crippen LogP contribution is -2.52. The molecule has 0 aliphatic carbocycles. The molecule has 0 spiro atoms. The van der Waals surface area contributed by atoms with Crippen LogP contribution in [0.5, 0.6) is 5.75 Å². The SMILES string of the molecule is O=C(CN1C(=O)COc2ccc(S(=O)(=O)N3CCOCC3)cc21)N1CCN(Cc2ccccc2)CC1. The van der Waals surface area contributed by atoms with Gasteiger partial charge in [-0.1, -0.05) is 30.3 Å². The van der Waals surface area contributed by atoms with Gasteiger partial charge in [-0.15, -0.1) is 0 Å². The summed E-state index contributed by atoms with van der Waals surface area (Å²) >= 11 is 0. The first-order valence-corrected chi connectivity index (χ1v) is 13.5. The number of piperazine rings is 1. The standard InChI is InChI=1S/C25H30N4O6S/c30-24(27-10-8-26(9-11-27)17-20-4-2-1-3-5-20)18-29-22-16-21(6-7-23(22)35-19-25(29)31)36(32,33)28-12-14-34-15-13-28/h1-7,16H,8-15,17-19H2. The molecule has 2 fully saturated rings. The first-order chi connectivity index (χ1) is 17.4. The third-order valence-electron chi connectivity index (χ3n) is 6.75. The van der Waals surface area contributed by atoms with Crippen LogP contribution in [0.1, 0.15) is 5.56 Å². The summed E-state index contributed by atoms with van der Waals surface area (Å²) in [5.41, 5.74) is 1.53. The number of fused-ring (bicyclic) bond motifs is 1. The van der Waals surface area contributed by atoms with Crippen molar-refractivity contribution in [3.8, 4) is 5.75 Å². The highest BCUT2D eigenvalue weighted by atomic mass is 32.2. The Bertz CT molecular complexity index is 1210. The largest absolute Gasteiger partial charge is 0.482 e. The Balaban J connectivity index is 1.27. The molecule has 2 saturated heterocycles. The summed E-state index contributed by atoms with van der Waals surface area (Å²) in [6, 6.07) is 14.7. The van der Waals surface area contributed by atoms with Crippen molar-refractivity contribution in [1.29, 1.82) is 0 Å². The van der Waals surface area contributed by atoms with Crippen molar-refractivity contribution in [3.63, 3.8) is 0 Å². The van der Waals surface area contributed by atoms with E-state index in [-0.39, 0.29) is 43.0 Å². The molecule has 0 atom stereocenters. The second-order valence-corrected chi connectivity index (χ2v) is 11.0. The van der Waals surface area contributed by atoms with Crippen LogP contribution in [-0.4, -0.2) is 100.0 Å². The van der Waals surface area contributed by atoms with Gasteiger partial charge in [0.05, 0.1) is 23.8 Å². The summed E-state index contributed by atoms with van der Waals surface area (Å²) in [6.45, 7) is 4.34. The summed E-state index contributed by atoms with van der Waals surface area (Å²) in [7, 11) is -3.76. The van der Waals surface area contributed by atoms with Crippen LogP contribution in [-0.2, 0) is 30.9 Å². The zero-order chi connectivity index (χ0) is 25.1. The molecule has 3 aliphatic heterocycles. The molecule has 2 amide bonds. The molecule has 0 N–H and O–H groups in total. The lowest BCUT2D eigenvalue weighted by molar-refractivity contribution is -0.133. The van der Waals surface area contributed by atoms with Crippen molar-refractivity contribution >= 4 is 27.5 Å². The maximum atomic E-state index is 13.1. The highest BCUT2D eigenvalue weighted by Gasteiger charge is 2.33. The average molecular weight is 515 g/mol. The number of nitrogens with zero attached hydrogens (tertiary/aromatic N) is 4. The van der Waals surface area contributed by atoms with Gasteiger partial charge in [0, 0.05) is 45.8 Å². The Morgan fingerprint density at radius 2 is 1.64 bits per heavy atom. The zero-order valence-electron chi connectivity index (χ0n) is 20.0. The van der Waals surface area contributed by atoms with E-state index in [0.717, 1.165) is 19.6 Å². The van der Waals surface area contributed by atoms with Gasteiger partial charge in [0.15, 0.2) is 6.61 Å². The van der Waals surface area contributed by atoms with Gasteiger partial charge in [0.25, 0.3) is 5.91 Å². The van der Waals surface area contributed by atoms with E-state index in [1.807, 2.05) is 18.2 Å². The van der Waals surface area contributed by atoms with Crippen LogP contribution in [0.15, 0.2) is 53.4 Å². The molecule has 192 valence electrons. The lowest BCUT2D eigenvalue weighted by atomic mass is 10.2. The fourth-order valence-corrected chi connectivity index (χ4v) is 6.11. The molecule has 10 nitrogen and oxygen atoms in total. The number of hydrogen-bond acceptors (Lipinski definition) is 7. The fourth-order valence-electron chi connectivity index (χ4n) is 4.68. The number of ether oxygens (including phenoxy) is 2. The van der Waals surface area contributed by atoms with Gasteiger partial charge in [-0.3, -0.25) is 19.4 Å². The number of morpholine rings is 1. The number of carbonyl (C=O) groups is 2.